The largest absolute Gasteiger partial charge is 0.490 e. The summed E-state index contributed by atoms with van der Waals surface area (Å²) in [6.07, 6.45) is -8.35. The second-order valence-electron chi connectivity index (χ2n) is 7.22. The van der Waals surface area contributed by atoms with E-state index in [-0.39, 0.29) is 0 Å². The number of carbonyl (C=O) groups is 2. The Balaban J connectivity index is 0.000000362. The summed E-state index contributed by atoms with van der Waals surface area (Å²) in [4.78, 5) is 31.5. The van der Waals surface area contributed by atoms with E-state index in [9.17, 15) is 26.3 Å². The summed E-state index contributed by atoms with van der Waals surface area (Å²) in [6, 6.07) is 2.00. The SMILES string of the molecule is Cc1cnc(C)c(N2CCN(Cc3cc(C)on3)CC2)n1.O=C(O)C(F)(F)F.O=C(O)C(F)(F)F. The average molecular weight is 515 g/mol. The number of anilines is 1. The minimum atomic E-state index is -5.08. The van der Waals surface area contributed by atoms with Gasteiger partial charge in [0.15, 0.2) is 0 Å². The lowest BCUT2D eigenvalue weighted by Gasteiger charge is -2.35. The highest BCUT2D eigenvalue weighted by atomic mass is 19.4. The molecular formula is C19H23F6N5O5. The molecule has 1 saturated heterocycles. The Morgan fingerprint density at radius 1 is 0.971 bits per heavy atom. The smallest absolute Gasteiger partial charge is 0.475 e. The molecule has 2 N–H and O–H groups in total. The minimum absolute atomic E-state index is 0.851. The van der Waals surface area contributed by atoms with Gasteiger partial charge in [0.05, 0.1) is 17.1 Å². The lowest BCUT2D eigenvalue weighted by molar-refractivity contribution is -0.193. The van der Waals surface area contributed by atoms with Crippen LogP contribution in [0, 0.1) is 20.8 Å². The molecule has 3 rings (SSSR count). The lowest BCUT2D eigenvalue weighted by Crippen LogP contribution is -2.46. The van der Waals surface area contributed by atoms with Gasteiger partial charge in [-0.25, -0.2) is 14.6 Å². The van der Waals surface area contributed by atoms with Crippen molar-refractivity contribution in [1.82, 2.24) is 20.0 Å². The number of carboxylic acid groups (broad SMARTS) is 2. The zero-order valence-corrected chi connectivity index (χ0v) is 18.8. The zero-order valence-electron chi connectivity index (χ0n) is 18.8. The molecule has 16 heteroatoms. The highest BCUT2D eigenvalue weighted by molar-refractivity contribution is 5.73. The van der Waals surface area contributed by atoms with Gasteiger partial charge in [-0.3, -0.25) is 9.88 Å². The van der Waals surface area contributed by atoms with Gasteiger partial charge in [-0.15, -0.1) is 0 Å². The number of carboxylic acids is 2. The first-order chi connectivity index (χ1) is 16.0. The minimum Gasteiger partial charge on any atom is -0.475 e. The molecule has 35 heavy (non-hydrogen) atoms. The number of aryl methyl sites for hydroxylation is 3. The molecule has 196 valence electrons. The molecular weight excluding hydrogens is 492 g/mol. The number of aliphatic carboxylic acids is 2. The van der Waals surface area contributed by atoms with Gasteiger partial charge in [0.1, 0.15) is 11.6 Å². The van der Waals surface area contributed by atoms with Crippen LogP contribution in [0.5, 0.6) is 0 Å². The average Bonchev–Trinajstić information content (AvgIpc) is 3.14. The standard InChI is InChI=1S/C15H21N5O.2C2HF3O2/c1-11-9-16-13(3)15(17-11)20-6-4-19(5-7-20)10-14-8-12(2)21-18-14;2*3-2(4,5)1(6)7/h8-9H,4-7,10H2,1-3H3;2*(H,6,7). The molecule has 0 aliphatic carbocycles. The lowest BCUT2D eigenvalue weighted by atomic mass is 10.2. The molecule has 2 aromatic rings. The molecule has 0 bridgehead atoms. The summed E-state index contributed by atoms with van der Waals surface area (Å²) in [5.74, 6) is -3.62. The van der Waals surface area contributed by atoms with Gasteiger partial charge >= 0.3 is 24.3 Å². The van der Waals surface area contributed by atoms with E-state index >= 15 is 0 Å². The maximum Gasteiger partial charge on any atom is 0.490 e. The summed E-state index contributed by atoms with van der Waals surface area (Å²) >= 11 is 0. The third-order valence-corrected chi connectivity index (χ3v) is 4.27. The zero-order chi connectivity index (χ0) is 27.0. The van der Waals surface area contributed by atoms with Crippen LogP contribution in [0.4, 0.5) is 32.2 Å². The normalized spacial score (nSPS) is 14.4. The molecule has 0 amide bonds. The van der Waals surface area contributed by atoms with E-state index in [0.29, 0.717) is 0 Å². The van der Waals surface area contributed by atoms with Gasteiger partial charge in [-0.05, 0) is 20.8 Å². The Morgan fingerprint density at radius 3 is 1.86 bits per heavy atom. The van der Waals surface area contributed by atoms with Crippen molar-refractivity contribution in [1.29, 1.82) is 0 Å². The van der Waals surface area contributed by atoms with Crippen LogP contribution >= 0.6 is 0 Å². The molecule has 1 aliphatic rings. The summed E-state index contributed by atoms with van der Waals surface area (Å²) in [5, 5.41) is 18.3. The topological polar surface area (TPSA) is 133 Å². The summed E-state index contributed by atoms with van der Waals surface area (Å²) in [6.45, 7) is 10.7. The first-order valence-corrected chi connectivity index (χ1v) is 9.80. The molecule has 1 fully saturated rings. The maximum atomic E-state index is 10.6. The van der Waals surface area contributed by atoms with Crippen molar-refractivity contribution in [3.63, 3.8) is 0 Å². The molecule has 0 aromatic carbocycles. The maximum absolute atomic E-state index is 10.6. The van der Waals surface area contributed by atoms with Crippen molar-refractivity contribution < 1.29 is 50.7 Å². The monoisotopic (exact) mass is 515 g/mol. The molecule has 3 heterocycles. The van der Waals surface area contributed by atoms with Crippen LogP contribution in [0.2, 0.25) is 0 Å². The number of hydrogen-bond donors (Lipinski definition) is 2. The van der Waals surface area contributed by atoms with E-state index in [1.165, 1.54) is 0 Å². The molecule has 0 atom stereocenters. The number of rotatable bonds is 3. The van der Waals surface area contributed by atoms with Crippen LogP contribution in [0.1, 0.15) is 22.8 Å². The van der Waals surface area contributed by atoms with Gasteiger partial charge < -0.3 is 19.6 Å². The molecule has 0 spiro atoms. The quantitative estimate of drug-likeness (QED) is 0.588. The van der Waals surface area contributed by atoms with Gasteiger partial charge in [-0.1, -0.05) is 5.16 Å². The molecule has 2 aromatic heterocycles. The first kappa shape index (κ1) is 29.6. The molecule has 0 unspecified atom stereocenters. The van der Waals surface area contributed by atoms with Crippen LogP contribution in [0.15, 0.2) is 16.8 Å². The van der Waals surface area contributed by atoms with E-state index in [1.54, 1.807) is 0 Å². The van der Waals surface area contributed by atoms with Crippen LogP contribution in [-0.2, 0) is 16.1 Å². The molecule has 0 radical (unpaired) electrons. The van der Waals surface area contributed by atoms with Crippen LogP contribution in [0.25, 0.3) is 0 Å². The number of nitrogens with zero attached hydrogens (tertiary/aromatic N) is 5. The fourth-order valence-corrected chi connectivity index (χ4v) is 2.66. The van der Waals surface area contributed by atoms with Gasteiger partial charge in [0, 0.05) is 45.0 Å². The Hall–Kier alpha value is -3.43. The van der Waals surface area contributed by atoms with Crippen LogP contribution < -0.4 is 4.90 Å². The van der Waals surface area contributed by atoms with Crippen molar-refractivity contribution in [2.45, 2.75) is 39.7 Å². The predicted octanol–water partition coefficient (Wildman–Crippen LogP) is 2.98. The van der Waals surface area contributed by atoms with Crippen LogP contribution in [0.3, 0.4) is 0 Å². The number of halogens is 6. The number of alkyl halides is 6. The van der Waals surface area contributed by atoms with Crippen molar-refractivity contribution in [3.8, 4) is 0 Å². The number of aromatic nitrogens is 3. The number of piperazine rings is 1. The highest BCUT2D eigenvalue weighted by Gasteiger charge is 2.38. The molecule has 1 aliphatic heterocycles. The summed E-state index contributed by atoms with van der Waals surface area (Å²) in [7, 11) is 0. The Morgan fingerprint density at radius 2 is 1.46 bits per heavy atom. The van der Waals surface area contributed by atoms with Crippen molar-refractivity contribution >= 4 is 17.8 Å². The van der Waals surface area contributed by atoms with E-state index in [2.05, 4.69) is 24.9 Å². The van der Waals surface area contributed by atoms with Crippen LogP contribution in [-0.4, -0.2) is 80.7 Å². The van der Waals surface area contributed by atoms with E-state index in [0.717, 1.165) is 61.4 Å². The third-order valence-electron chi connectivity index (χ3n) is 4.27. The van der Waals surface area contributed by atoms with Crippen molar-refractivity contribution in [3.05, 3.63) is 35.1 Å². The van der Waals surface area contributed by atoms with Gasteiger partial charge in [0.2, 0.25) is 0 Å². The van der Waals surface area contributed by atoms with Crippen molar-refractivity contribution in [2.75, 3.05) is 31.1 Å². The van der Waals surface area contributed by atoms with E-state index in [4.69, 9.17) is 24.3 Å². The van der Waals surface area contributed by atoms with Crippen molar-refractivity contribution in [2.24, 2.45) is 0 Å². The second kappa shape index (κ2) is 12.3. The highest BCUT2D eigenvalue weighted by Crippen LogP contribution is 2.18. The molecule has 10 nitrogen and oxygen atoms in total. The Kier molecular flexibility index (Phi) is 10.4. The third kappa shape index (κ3) is 10.6. The molecule has 0 saturated carbocycles. The fraction of sp³-hybridized carbons (Fsp3) is 0.526. The Labute approximate surface area is 195 Å². The van der Waals surface area contributed by atoms with E-state index < -0.39 is 24.3 Å². The van der Waals surface area contributed by atoms with E-state index in [1.807, 2.05) is 33.0 Å². The summed E-state index contributed by atoms with van der Waals surface area (Å²) in [5.41, 5.74) is 2.98. The fourth-order valence-electron chi connectivity index (χ4n) is 2.66. The van der Waals surface area contributed by atoms with Gasteiger partial charge in [-0.2, -0.15) is 26.3 Å². The number of hydrogen-bond acceptors (Lipinski definition) is 8. The predicted molar refractivity (Wildman–Crippen MR) is 108 cm³/mol. The van der Waals surface area contributed by atoms with Gasteiger partial charge in [0.25, 0.3) is 0 Å². The summed E-state index contributed by atoms with van der Waals surface area (Å²) < 4.78 is 68.6. The second-order valence-corrected chi connectivity index (χ2v) is 7.22. The Bertz CT molecular complexity index is 963. The first-order valence-electron chi connectivity index (χ1n) is 9.80.